The highest BCUT2D eigenvalue weighted by Gasteiger charge is 2.49. The van der Waals surface area contributed by atoms with Crippen LogP contribution < -0.4 is 0 Å². The number of sulfonamides is 1. The summed E-state index contributed by atoms with van der Waals surface area (Å²) in [6.45, 7) is 0. The van der Waals surface area contributed by atoms with E-state index >= 15 is 0 Å². The Bertz CT molecular complexity index is 933. The SMILES string of the molecule is O=S(=O)(c1cccc2ccccc12)N1OC1c1ccccc1. The third-order valence-corrected chi connectivity index (χ3v) is 5.36. The van der Waals surface area contributed by atoms with Gasteiger partial charge < -0.3 is 0 Å². The Morgan fingerprint density at radius 1 is 0.818 bits per heavy atom. The van der Waals surface area contributed by atoms with Gasteiger partial charge in [-0.05, 0) is 15.9 Å². The molecule has 1 aliphatic heterocycles. The van der Waals surface area contributed by atoms with Crippen LogP contribution in [0, 0.1) is 0 Å². The molecule has 110 valence electrons. The lowest BCUT2D eigenvalue weighted by Gasteiger charge is -2.06. The molecule has 1 heterocycles. The van der Waals surface area contributed by atoms with Gasteiger partial charge in [0.25, 0.3) is 10.0 Å². The molecule has 2 atom stereocenters. The van der Waals surface area contributed by atoms with Gasteiger partial charge in [0.1, 0.15) is 0 Å². The average Bonchev–Trinajstić information content (AvgIpc) is 3.36. The van der Waals surface area contributed by atoms with Crippen LogP contribution in [0.25, 0.3) is 10.8 Å². The third kappa shape index (κ3) is 2.11. The van der Waals surface area contributed by atoms with E-state index in [2.05, 4.69) is 0 Å². The van der Waals surface area contributed by atoms with E-state index in [-0.39, 0.29) is 4.90 Å². The van der Waals surface area contributed by atoms with Crippen LogP contribution in [0.1, 0.15) is 11.8 Å². The van der Waals surface area contributed by atoms with Crippen molar-refractivity contribution in [3.8, 4) is 0 Å². The first-order valence-electron chi connectivity index (χ1n) is 6.92. The fraction of sp³-hybridized carbons (Fsp3) is 0.0588. The molecule has 0 aliphatic carbocycles. The fourth-order valence-corrected chi connectivity index (χ4v) is 4.05. The summed E-state index contributed by atoms with van der Waals surface area (Å²) in [6.07, 6.45) is -0.537. The molecule has 4 nitrogen and oxygen atoms in total. The van der Waals surface area contributed by atoms with Crippen LogP contribution in [0.15, 0.2) is 77.7 Å². The maximum atomic E-state index is 12.8. The summed E-state index contributed by atoms with van der Waals surface area (Å²) >= 11 is 0. The van der Waals surface area contributed by atoms with Crippen molar-refractivity contribution in [2.24, 2.45) is 0 Å². The zero-order valence-corrected chi connectivity index (χ0v) is 12.4. The molecule has 0 N–H and O–H groups in total. The first kappa shape index (κ1) is 13.5. The number of nitrogens with zero attached hydrogens (tertiary/aromatic N) is 1. The monoisotopic (exact) mass is 311 g/mol. The minimum atomic E-state index is -3.68. The smallest absolute Gasteiger partial charge is 0.253 e. The Morgan fingerprint density at radius 3 is 2.32 bits per heavy atom. The second kappa shape index (κ2) is 4.91. The molecule has 3 aromatic rings. The summed E-state index contributed by atoms with van der Waals surface area (Å²) < 4.78 is 26.6. The standard InChI is InChI=1S/C17H13NO3S/c19-22(20,18-17(21-18)14-8-2-1-3-9-14)16-12-6-10-13-7-4-5-11-15(13)16/h1-12,17H. The second-order valence-corrected chi connectivity index (χ2v) is 6.86. The molecule has 5 heteroatoms. The quantitative estimate of drug-likeness (QED) is 0.696. The molecule has 0 aromatic heterocycles. The summed E-state index contributed by atoms with van der Waals surface area (Å²) in [4.78, 5) is 5.58. The number of rotatable bonds is 3. The largest absolute Gasteiger partial charge is 0.268 e. The van der Waals surface area contributed by atoms with Gasteiger partial charge in [0.05, 0.1) is 4.90 Å². The van der Waals surface area contributed by atoms with Gasteiger partial charge in [-0.2, -0.15) is 0 Å². The van der Waals surface area contributed by atoms with Crippen LogP contribution >= 0.6 is 0 Å². The number of hydrogen-bond donors (Lipinski definition) is 0. The van der Waals surface area contributed by atoms with Crippen molar-refractivity contribution in [3.05, 3.63) is 78.4 Å². The first-order chi connectivity index (χ1) is 10.7. The lowest BCUT2D eigenvalue weighted by molar-refractivity contribution is 0.283. The van der Waals surface area contributed by atoms with Crippen molar-refractivity contribution in [2.75, 3.05) is 0 Å². The fourth-order valence-electron chi connectivity index (χ4n) is 2.57. The van der Waals surface area contributed by atoms with Gasteiger partial charge in [0, 0.05) is 10.9 Å². The van der Waals surface area contributed by atoms with Gasteiger partial charge in [-0.3, -0.25) is 4.84 Å². The van der Waals surface area contributed by atoms with Gasteiger partial charge in [-0.25, -0.2) is 8.42 Å². The lowest BCUT2D eigenvalue weighted by atomic mass is 10.1. The van der Waals surface area contributed by atoms with Gasteiger partial charge >= 0.3 is 0 Å². The van der Waals surface area contributed by atoms with Crippen molar-refractivity contribution in [1.29, 1.82) is 0 Å². The number of fused-ring (bicyclic) bond motifs is 1. The molecule has 0 spiro atoms. The number of hydrogen-bond acceptors (Lipinski definition) is 3. The van der Waals surface area contributed by atoms with Crippen LogP contribution in [0.4, 0.5) is 0 Å². The van der Waals surface area contributed by atoms with Crippen LogP contribution in [0.5, 0.6) is 0 Å². The van der Waals surface area contributed by atoms with E-state index in [1.807, 2.05) is 60.7 Å². The second-order valence-electron chi connectivity index (χ2n) is 5.11. The highest BCUT2D eigenvalue weighted by molar-refractivity contribution is 7.89. The predicted molar refractivity (Wildman–Crippen MR) is 83.2 cm³/mol. The molecule has 1 aliphatic rings. The van der Waals surface area contributed by atoms with Gasteiger partial charge in [0.2, 0.25) is 0 Å². The zero-order chi connectivity index (χ0) is 15.2. The molecule has 0 saturated carbocycles. The summed E-state index contributed by atoms with van der Waals surface area (Å²) in [6, 6.07) is 22.0. The van der Waals surface area contributed by atoms with Gasteiger partial charge in [-0.1, -0.05) is 66.7 Å². The van der Waals surface area contributed by atoms with Crippen molar-refractivity contribution < 1.29 is 13.3 Å². The van der Waals surface area contributed by atoms with Gasteiger partial charge in [-0.15, -0.1) is 0 Å². The van der Waals surface area contributed by atoms with E-state index in [1.165, 1.54) is 0 Å². The summed E-state index contributed by atoms with van der Waals surface area (Å²) in [5, 5.41) is 1.59. The van der Waals surface area contributed by atoms with Crippen LogP contribution in [-0.2, 0) is 14.9 Å². The normalized spacial score (nSPS) is 20.9. The van der Waals surface area contributed by atoms with E-state index in [4.69, 9.17) is 4.84 Å². The minimum Gasteiger partial charge on any atom is -0.253 e. The van der Waals surface area contributed by atoms with Crippen molar-refractivity contribution in [1.82, 2.24) is 4.47 Å². The predicted octanol–water partition coefficient (Wildman–Crippen LogP) is 3.47. The molecule has 3 aromatic carbocycles. The summed E-state index contributed by atoms with van der Waals surface area (Å²) in [7, 11) is -3.68. The van der Waals surface area contributed by atoms with E-state index in [9.17, 15) is 8.42 Å². The molecule has 1 fully saturated rings. The van der Waals surface area contributed by atoms with E-state index in [1.54, 1.807) is 12.1 Å². The topological polar surface area (TPSA) is 49.7 Å². The molecule has 0 bridgehead atoms. The number of benzene rings is 3. The highest BCUT2D eigenvalue weighted by Crippen LogP contribution is 2.43. The average molecular weight is 311 g/mol. The van der Waals surface area contributed by atoms with Gasteiger partial charge in [0.15, 0.2) is 6.23 Å². The lowest BCUT2D eigenvalue weighted by Crippen LogP contribution is -2.13. The maximum absolute atomic E-state index is 12.8. The molecule has 2 unspecified atom stereocenters. The van der Waals surface area contributed by atoms with Crippen molar-refractivity contribution >= 4 is 20.8 Å². The molecule has 0 radical (unpaired) electrons. The minimum absolute atomic E-state index is 0.268. The highest BCUT2D eigenvalue weighted by atomic mass is 32.2. The third-order valence-electron chi connectivity index (χ3n) is 3.70. The summed E-state index contributed by atoms with van der Waals surface area (Å²) in [5.41, 5.74) is 0.825. The van der Waals surface area contributed by atoms with E-state index < -0.39 is 16.3 Å². The molecule has 4 rings (SSSR count). The molecule has 0 amide bonds. The Labute approximate surface area is 128 Å². The van der Waals surface area contributed by atoms with Crippen LogP contribution in [0.3, 0.4) is 0 Å². The Hall–Kier alpha value is -2.21. The van der Waals surface area contributed by atoms with Crippen molar-refractivity contribution in [3.63, 3.8) is 0 Å². The van der Waals surface area contributed by atoms with E-state index in [0.29, 0.717) is 5.39 Å². The molecular formula is C17H13NO3S. The maximum Gasteiger partial charge on any atom is 0.268 e. The number of hydroxylamine groups is 1. The molecule has 22 heavy (non-hydrogen) atoms. The zero-order valence-electron chi connectivity index (χ0n) is 11.6. The summed E-state index contributed by atoms with van der Waals surface area (Å²) in [5.74, 6) is 0. The van der Waals surface area contributed by atoms with Crippen LogP contribution in [0.2, 0.25) is 0 Å². The van der Waals surface area contributed by atoms with E-state index in [0.717, 1.165) is 15.4 Å². The Morgan fingerprint density at radius 2 is 1.50 bits per heavy atom. The van der Waals surface area contributed by atoms with Crippen molar-refractivity contribution in [2.45, 2.75) is 11.1 Å². The first-order valence-corrected chi connectivity index (χ1v) is 8.36. The molecule has 1 saturated heterocycles. The Balaban J connectivity index is 1.76. The molecular weight excluding hydrogens is 298 g/mol. The van der Waals surface area contributed by atoms with Crippen LogP contribution in [-0.4, -0.2) is 12.9 Å². The Kier molecular flexibility index (Phi) is 3.00.